The first-order valence-corrected chi connectivity index (χ1v) is 5.15. The topological polar surface area (TPSA) is 9.23 Å². The predicted molar refractivity (Wildman–Crippen MR) is 58.7 cm³/mol. The minimum atomic E-state index is 0.637. The number of alkyl halides is 1. The molecule has 68 valence electrons. The van der Waals surface area contributed by atoms with Crippen molar-refractivity contribution in [2.75, 3.05) is 12.4 Å². The molecule has 1 nitrogen and oxygen atoms in total. The van der Waals surface area contributed by atoms with Gasteiger partial charge in [-0.25, -0.2) is 0 Å². The van der Waals surface area contributed by atoms with Crippen LogP contribution in [0.15, 0.2) is 18.2 Å². The van der Waals surface area contributed by atoms with Gasteiger partial charge in [0.15, 0.2) is 0 Å². The Kier molecular flexibility index (Phi) is 4.14. The van der Waals surface area contributed by atoms with Crippen LogP contribution in [0.2, 0.25) is 5.02 Å². The normalized spacial score (nSPS) is 8.85. The Bertz CT molecular complexity index is 352. The fourth-order valence-electron chi connectivity index (χ4n) is 0.888. The molecule has 0 aromatic heterocycles. The van der Waals surface area contributed by atoms with Crippen molar-refractivity contribution in [3.05, 3.63) is 28.8 Å². The standard InChI is InChI=1S/C10H8BrClO/c1-13-10-6-8(3-2-4-11)5-9(12)7-10/h5-7H,4H2,1H3. The van der Waals surface area contributed by atoms with Crippen LogP contribution in [0.4, 0.5) is 0 Å². The highest BCUT2D eigenvalue weighted by Crippen LogP contribution is 2.19. The van der Waals surface area contributed by atoms with E-state index in [1.54, 1.807) is 19.2 Å². The average Bonchev–Trinajstić information content (AvgIpc) is 2.14. The van der Waals surface area contributed by atoms with Crippen LogP contribution in [0.25, 0.3) is 0 Å². The van der Waals surface area contributed by atoms with Crippen LogP contribution in [0.5, 0.6) is 5.75 Å². The first-order valence-electron chi connectivity index (χ1n) is 3.65. The zero-order valence-electron chi connectivity index (χ0n) is 7.10. The molecule has 0 spiro atoms. The number of ether oxygens (including phenoxy) is 1. The number of methoxy groups -OCH3 is 1. The summed E-state index contributed by atoms with van der Waals surface area (Å²) in [5.41, 5.74) is 0.865. The van der Waals surface area contributed by atoms with E-state index in [4.69, 9.17) is 16.3 Å². The Morgan fingerprint density at radius 1 is 1.46 bits per heavy atom. The largest absolute Gasteiger partial charge is 0.497 e. The van der Waals surface area contributed by atoms with Crippen LogP contribution >= 0.6 is 27.5 Å². The summed E-state index contributed by atoms with van der Waals surface area (Å²) in [6.07, 6.45) is 0. The maximum atomic E-state index is 5.85. The zero-order chi connectivity index (χ0) is 9.68. The molecule has 0 aliphatic heterocycles. The third-order valence-electron chi connectivity index (χ3n) is 1.41. The van der Waals surface area contributed by atoms with Gasteiger partial charge in [0.25, 0.3) is 0 Å². The van der Waals surface area contributed by atoms with Crippen molar-refractivity contribution < 1.29 is 4.74 Å². The van der Waals surface area contributed by atoms with Crippen molar-refractivity contribution >= 4 is 27.5 Å². The monoisotopic (exact) mass is 258 g/mol. The maximum Gasteiger partial charge on any atom is 0.121 e. The number of rotatable bonds is 1. The molecule has 0 fully saturated rings. The second-order valence-corrected chi connectivity index (χ2v) is 3.31. The van der Waals surface area contributed by atoms with E-state index < -0.39 is 0 Å². The summed E-state index contributed by atoms with van der Waals surface area (Å²) >= 11 is 9.07. The molecule has 0 N–H and O–H groups in total. The highest BCUT2D eigenvalue weighted by atomic mass is 79.9. The van der Waals surface area contributed by atoms with Crippen molar-refractivity contribution in [2.24, 2.45) is 0 Å². The number of benzene rings is 1. The lowest BCUT2D eigenvalue weighted by Gasteiger charge is -2.00. The van der Waals surface area contributed by atoms with E-state index >= 15 is 0 Å². The van der Waals surface area contributed by atoms with Crippen LogP contribution in [0, 0.1) is 11.8 Å². The molecule has 0 unspecified atom stereocenters. The van der Waals surface area contributed by atoms with E-state index in [-0.39, 0.29) is 0 Å². The highest BCUT2D eigenvalue weighted by molar-refractivity contribution is 9.09. The molecule has 0 heterocycles. The van der Waals surface area contributed by atoms with Crippen LogP contribution in [-0.4, -0.2) is 12.4 Å². The summed E-state index contributed by atoms with van der Waals surface area (Å²) in [5.74, 6) is 6.57. The second kappa shape index (κ2) is 5.16. The lowest BCUT2D eigenvalue weighted by molar-refractivity contribution is 0.414. The minimum Gasteiger partial charge on any atom is -0.497 e. The first kappa shape index (κ1) is 10.4. The summed E-state index contributed by atoms with van der Waals surface area (Å²) in [7, 11) is 1.60. The van der Waals surface area contributed by atoms with E-state index in [1.165, 1.54) is 0 Å². The van der Waals surface area contributed by atoms with Crippen LogP contribution in [0.1, 0.15) is 5.56 Å². The van der Waals surface area contributed by atoms with Gasteiger partial charge < -0.3 is 4.74 Å². The smallest absolute Gasteiger partial charge is 0.121 e. The molecule has 1 rings (SSSR count). The minimum absolute atomic E-state index is 0.637. The maximum absolute atomic E-state index is 5.85. The Hall–Kier alpha value is -0.650. The summed E-state index contributed by atoms with van der Waals surface area (Å²) in [4.78, 5) is 0. The van der Waals surface area contributed by atoms with Crippen LogP contribution in [0.3, 0.4) is 0 Å². The molecule has 0 amide bonds. The van der Waals surface area contributed by atoms with E-state index in [0.29, 0.717) is 10.4 Å². The molecular weight excluding hydrogens is 251 g/mol. The summed E-state index contributed by atoms with van der Waals surface area (Å²) in [5, 5.41) is 1.29. The van der Waals surface area contributed by atoms with Crippen LogP contribution < -0.4 is 4.74 Å². The average molecular weight is 260 g/mol. The van der Waals surface area contributed by atoms with E-state index in [2.05, 4.69) is 27.8 Å². The van der Waals surface area contributed by atoms with Gasteiger partial charge in [-0.05, 0) is 18.2 Å². The Balaban J connectivity index is 3.01. The Morgan fingerprint density at radius 2 is 2.23 bits per heavy atom. The van der Waals surface area contributed by atoms with Crippen molar-refractivity contribution in [3.8, 4) is 17.6 Å². The molecule has 0 saturated heterocycles. The van der Waals surface area contributed by atoms with Gasteiger partial charge in [0, 0.05) is 10.6 Å². The zero-order valence-corrected chi connectivity index (χ0v) is 9.45. The molecular formula is C10H8BrClO. The third kappa shape index (κ3) is 3.30. The van der Waals surface area contributed by atoms with Crippen molar-refractivity contribution in [3.63, 3.8) is 0 Å². The summed E-state index contributed by atoms with van der Waals surface area (Å²) in [6, 6.07) is 5.40. The molecule has 13 heavy (non-hydrogen) atoms. The lowest BCUT2D eigenvalue weighted by atomic mass is 10.2. The van der Waals surface area contributed by atoms with Crippen LogP contribution in [-0.2, 0) is 0 Å². The molecule has 0 saturated carbocycles. The van der Waals surface area contributed by atoms with Gasteiger partial charge in [0.1, 0.15) is 5.75 Å². The van der Waals surface area contributed by atoms with Crippen molar-refractivity contribution in [2.45, 2.75) is 0 Å². The quantitative estimate of drug-likeness (QED) is 0.556. The first-order chi connectivity index (χ1) is 6.26. The summed E-state index contributed by atoms with van der Waals surface area (Å²) in [6.45, 7) is 0. The van der Waals surface area contributed by atoms with E-state index in [9.17, 15) is 0 Å². The third-order valence-corrected chi connectivity index (χ3v) is 1.91. The highest BCUT2D eigenvalue weighted by Gasteiger charge is 1.96. The summed E-state index contributed by atoms with van der Waals surface area (Å²) < 4.78 is 5.05. The molecule has 3 heteroatoms. The van der Waals surface area contributed by atoms with Gasteiger partial charge in [-0.2, -0.15) is 0 Å². The molecule has 0 radical (unpaired) electrons. The van der Waals surface area contributed by atoms with Gasteiger partial charge in [-0.15, -0.1) is 0 Å². The van der Waals surface area contributed by atoms with E-state index in [0.717, 1.165) is 11.3 Å². The van der Waals surface area contributed by atoms with Gasteiger partial charge in [0.2, 0.25) is 0 Å². The molecule has 1 aromatic carbocycles. The lowest BCUT2D eigenvalue weighted by Crippen LogP contribution is -1.84. The fourth-order valence-corrected chi connectivity index (χ4v) is 1.25. The Labute approximate surface area is 91.2 Å². The number of hydrogen-bond donors (Lipinski definition) is 0. The van der Waals surface area contributed by atoms with Gasteiger partial charge >= 0.3 is 0 Å². The molecule has 0 bridgehead atoms. The second-order valence-electron chi connectivity index (χ2n) is 2.32. The Morgan fingerprint density at radius 3 is 2.85 bits per heavy atom. The van der Waals surface area contributed by atoms with E-state index in [1.807, 2.05) is 6.07 Å². The number of halogens is 2. The van der Waals surface area contributed by atoms with Gasteiger partial charge in [-0.1, -0.05) is 39.4 Å². The predicted octanol–water partition coefficient (Wildman–Crippen LogP) is 3.10. The van der Waals surface area contributed by atoms with Crippen molar-refractivity contribution in [1.29, 1.82) is 0 Å². The van der Waals surface area contributed by atoms with Crippen molar-refractivity contribution in [1.82, 2.24) is 0 Å². The molecule has 1 aromatic rings. The molecule has 0 aliphatic carbocycles. The number of hydrogen-bond acceptors (Lipinski definition) is 1. The molecule has 0 aliphatic rings. The SMILES string of the molecule is COc1cc(Cl)cc(C#CCBr)c1. The van der Waals surface area contributed by atoms with Gasteiger partial charge in [-0.3, -0.25) is 0 Å². The fraction of sp³-hybridized carbons (Fsp3) is 0.200. The molecule has 0 atom stereocenters. The van der Waals surface area contributed by atoms with Gasteiger partial charge in [0.05, 0.1) is 12.4 Å².